The molecule has 0 spiro atoms. The molecule has 4 aromatic rings. The fraction of sp³-hybridized carbons (Fsp3) is 0.312. The van der Waals surface area contributed by atoms with Crippen molar-refractivity contribution >= 4 is 5.97 Å². The molecule has 1 aromatic heterocycles. The summed E-state index contributed by atoms with van der Waals surface area (Å²) in [6.45, 7) is 2.07. The van der Waals surface area contributed by atoms with Gasteiger partial charge < -0.3 is 23.7 Å². The molecule has 3 atom stereocenters. The normalized spacial score (nSPS) is 19.1. The summed E-state index contributed by atoms with van der Waals surface area (Å²) in [4.78, 5) is 15.7. The van der Waals surface area contributed by atoms with E-state index in [1.54, 1.807) is 7.11 Å². The highest BCUT2D eigenvalue weighted by Crippen LogP contribution is 2.35. The van der Waals surface area contributed by atoms with E-state index in [1.165, 1.54) is 0 Å². The molecule has 7 nitrogen and oxygen atoms in total. The van der Waals surface area contributed by atoms with Crippen LogP contribution in [-0.4, -0.2) is 42.0 Å². The van der Waals surface area contributed by atoms with Gasteiger partial charge in [-0.25, -0.2) is 9.78 Å². The molecule has 1 saturated carbocycles. The van der Waals surface area contributed by atoms with E-state index in [2.05, 4.69) is 43.3 Å². The number of carboxylic acid groups (broad SMARTS) is 1. The minimum atomic E-state index is -0.942. The number of aromatic nitrogens is 1. The Kier molecular flexibility index (Phi) is 8.39. The minimum absolute atomic E-state index is 0.0367. The molecule has 202 valence electrons. The molecule has 5 rings (SSSR count). The maximum atomic E-state index is 10.8. The molecule has 1 aliphatic rings. The fourth-order valence-corrected chi connectivity index (χ4v) is 5.10. The highest BCUT2D eigenvalue weighted by molar-refractivity contribution is 5.78. The van der Waals surface area contributed by atoms with Crippen molar-refractivity contribution in [3.05, 3.63) is 84.8 Å². The van der Waals surface area contributed by atoms with E-state index < -0.39 is 5.97 Å². The van der Waals surface area contributed by atoms with Gasteiger partial charge in [0.2, 0.25) is 5.89 Å². The van der Waals surface area contributed by atoms with E-state index in [0.717, 1.165) is 53.0 Å². The number of rotatable bonds is 10. The minimum Gasteiger partial charge on any atom is -0.497 e. The van der Waals surface area contributed by atoms with Crippen molar-refractivity contribution < 1.29 is 28.5 Å². The molecule has 39 heavy (non-hydrogen) atoms. The molecule has 3 aromatic carbocycles. The van der Waals surface area contributed by atoms with Gasteiger partial charge in [-0.1, -0.05) is 61.5 Å². The van der Waals surface area contributed by atoms with Crippen LogP contribution in [0.1, 0.15) is 32.1 Å². The van der Waals surface area contributed by atoms with Crippen molar-refractivity contribution in [2.45, 2.75) is 45.0 Å². The Bertz CT molecular complexity index is 1360. The van der Waals surface area contributed by atoms with Crippen LogP contribution in [0.2, 0.25) is 0 Å². The third-order valence-electron chi connectivity index (χ3n) is 7.20. The van der Waals surface area contributed by atoms with Gasteiger partial charge in [0.1, 0.15) is 24.7 Å². The SMILES string of the molecule is COc1ccc(-c2nc(COC3CCC(OCC(=O)O)C(C)C3)oc2-c2ccc(-c3ccccc3)cc2)cc1. The van der Waals surface area contributed by atoms with Crippen LogP contribution in [-0.2, 0) is 20.9 Å². The summed E-state index contributed by atoms with van der Waals surface area (Å²) in [5, 5.41) is 8.90. The first kappa shape index (κ1) is 26.7. The standard InChI is InChI=1S/C32H33NO6/c1-21-18-27(16-17-28(21)38-20-30(34)35)37-19-29-33-31(24-12-14-26(36-2)15-13-24)32(39-29)25-10-8-23(9-11-25)22-6-4-3-5-7-22/h3-15,21,27-28H,16-20H2,1-2H3,(H,34,35). The largest absolute Gasteiger partial charge is 0.497 e. The van der Waals surface area contributed by atoms with E-state index in [4.69, 9.17) is 28.7 Å². The van der Waals surface area contributed by atoms with Gasteiger partial charge >= 0.3 is 5.97 Å². The first-order chi connectivity index (χ1) is 19.0. The van der Waals surface area contributed by atoms with Gasteiger partial charge in [0, 0.05) is 11.1 Å². The Morgan fingerprint density at radius 2 is 1.56 bits per heavy atom. The molecule has 3 unspecified atom stereocenters. The smallest absolute Gasteiger partial charge is 0.329 e. The van der Waals surface area contributed by atoms with Crippen LogP contribution in [0.5, 0.6) is 5.75 Å². The lowest BCUT2D eigenvalue weighted by molar-refractivity contribution is -0.147. The molecule has 7 heteroatoms. The molecule has 0 saturated heterocycles. The Morgan fingerprint density at radius 3 is 2.23 bits per heavy atom. The summed E-state index contributed by atoms with van der Waals surface area (Å²) in [7, 11) is 1.65. The highest BCUT2D eigenvalue weighted by Gasteiger charge is 2.29. The molecule has 0 amide bonds. The van der Waals surface area contributed by atoms with Gasteiger partial charge in [-0.15, -0.1) is 0 Å². The number of aliphatic carboxylic acids is 1. The number of oxazole rings is 1. The van der Waals surface area contributed by atoms with Gasteiger partial charge in [-0.3, -0.25) is 0 Å². The molecule has 1 N–H and O–H groups in total. The zero-order valence-corrected chi connectivity index (χ0v) is 22.2. The zero-order chi connectivity index (χ0) is 27.2. The number of methoxy groups -OCH3 is 1. The second-order valence-electron chi connectivity index (χ2n) is 9.92. The average molecular weight is 528 g/mol. The van der Waals surface area contributed by atoms with Crippen molar-refractivity contribution in [2.75, 3.05) is 13.7 Å². The third-order valence-corrected chi connectivity index (χ3v) is 7.20. The van der Waals surface area contributed by atoms with Crippen LogP contribution in [0.15, 0.2) is 83.3 Å². The lowest BCUT2D eigenvalue weighted by atomic mass is 9.86. The molecule has 0 aliphatic heterocycles. The summed E-state index contributed by atoms with van der Waals surface area (Å²) in [5.74, 6) is 1.25. The summed E-state index contributed by atoms with van der Waals surface area (Å²) in [6, 6.07) is 26.3. The van der Waals surface area contributed by atoms with E-state index in [0.29, 0.717) is 11.7 Å². The topological polar surface area (TPSA) is 91.0 Å². The number of hydrogen-bond donors (Lipinski definition) is 1. The first-order valence-electron chi connectivity index (χ1n) is 13.2. The number of carbonyl (C=O) groups is 1. The quantitative estimate of drug-likeness (QED) is 0.241. The van der Waals surface area contributed by atoms with Gasteiger partial charge in [0.15, 0.2) is 5.76 Å². The van der Waals surface area contributed by atoms with Crippen molar-refractivity contribution in [1.29, 1.82) is 0 Å². The summed E-state index contributed by atoms with van der Waals surface area (Å²) < 4.78 is 23.4. The Morgan fingerprint density at radius 1 is 0.897 bits per heavy atom. The zero-order valence-electron chi connectivity index (χ0n) is 22.2. The first-order valence-corrected chi connectivity index (χ1v) is 13.2. The number of ether oxygens (including phenoxy) is 3. The summed E-state index contributed by atoms with van der Waals surface area (Å²) in [6.07, 6.45) is 2.34. The molecule has 1 fully saturated rings. The molecule has 1 heterocycles. The summed E-state index contributed by atoms with van der Waals surface area (Å²) in [5.41, 5.74) is 4.90. The second-order valence-corrected chi connectivity index (χ2v) is 9.92. The highest BCUT2D eigenvalue weighted by atomic mass is 16.5. The van der Waals surface area contributed by atoms with Gasteiger partial charge in [0.05, 0.1) is 19.3 Å². The Labute approximate surface area is 228 Å². The lowest BCUT2D eigenvalue weighted by Gasteiger charge is -2.33. The van der Waals surface area contributed by atoms with E-state index in [1.807, 2.05) is 42.5 Å². The lowest BCUT2D eigenvalue weighted by Crippen LogP contribution is -2.34. The predicted molar refractivity (Wildman–Crippen MR) is 148 cm³/mol. The van der Waals surface area contributed by atoms with E-state index in [9.17, 15) is 4.79 Å². The van der Waals surface area contributed by atoms with E-state index >= 15 is 0 Å². The van der Waals surface area contributed by atoms with Crippen LogP contribution in [0, 0.1) is 5.92 Å². The van der Waals surface area contributed by atoms with Gasteiger partial charge in [0.25, 0.3) is 0 Å². The van der Waals surface area contributed by atoms with Crippen molar-refractivity contribution in [2.24, 2.45) is 5.92 Å². The van der Waals surface area contributed by atoms with Crippen LogP contribution in [0.3, 0.4) is 0 Å². The number of nitrogens with zero attached hydrogens (tertiary/aromatic N) is 1. The van der Waals surface area contributed by atoms with Crippen molar-refractivity contribution in [3.8, 4) is 39.5 Å². The Balaban J connectivity index is 1.34. The van der Waals surface area contributed by atoms with Crippen LogP contribution in [0.25, 0.3) is 33.7 Å². The number of hydrogen-bond acceptors (Lipinski definition) is 6. The predicted octanol–water partition coefficient (Wildman–Crippen LogP) is 6.86. The second kappa shape index (κ2) is 12.3. The Hall–Kier alpha value is -3.94. The van der Waals surface area contributed by atoms with Crippen LogP contribution in [0.4, 0.5) is 0 Å². The average Bonchev–Trinajstić information content (AvgIpc) is 3.40. The van der Waals surface area contributed by atoms with Crippen molar-refractivity contribution in [3.63, 3.8) is 0 Å². The maximum absolute atomic E-state index is 10.8. The fourth-order valence-electron chi connectivity index (χ4n) is 5.10. The molecular formula is C32H33NO6. The monoisotopic (exact) mass is 527 g/mol. The molecule has 0 radical (unpaired) electrons. The van der Waals surface area contributed by atoms with Crippen molar-refractivity contribution in [1.82, 2.24) is 4.98 Å². The van der Waals surface area contributed by atoms with E-state index in [-0.39, 0.29) is 31.3 Å². The summed E-state index contributed by atoms with van der Waals surface area (Å²) >= 11 is 0. The third kappa shape index (κ3) is 6.56. The molecule has 1 aliphatic carbocycles. The molecule has 0 bridgehead atoms. The number of benzene rings is 3. The number of carboxylic acids is 1. The van der Waals surface area contributed by atoms with Crippen LogP contribution >= 0.6 is 0 Å². The maximum Gasteiger partial charge on any atom is 0.329 e. The van der Waals surface area contributed by atoms with Gasteiger partial charge in [-0.2, -0.15) is 0 Å². The van der Waals surface area contributed by atoms with Gasteiger partial charge in [-0.05, 0) is 60.6 Å². The van der Waals surface area contributed by atoms with Crippen LogP contribution < -0.4 is 4.74 Å². The molecular weight excluding hydrogens is 494 g/mol.